The van der Waals surface area contributed by atoms with Crippen LogP contribution in [0.3, 0.4) is 0 Å². The summed E-state index contributed by atoms with van der Waals surface area (Å²) in [5.74, 6) is 0.862. The second-order valence-electron chi connectivity index (χ2n) is 8.33. The van der Waals surface area contributed by atoms with Gasteiger partial charge in [-0.3, -0.25) is 9.59 Å². The Morgan fingerprint density at radius 2 is 2.00 bits per heavy atom. The van der Waals surface area contributed by atoms with Crippen LogP contribution in [0.5, 0.6) is 5.75 Å². The van der Waals surface area contributed by atoms with E-state index in [0.717, 1.165) is 31.2 Å². The molecule has 2 aromatic carbocycles. The van der Waals surface area contributed by atoms with Crippen molar-refractivity contribution in [1.29, 1.82) is 0 Å². The third-order valence-electron chi connectivity index (χ3n) is 6.66. The minimum Gasteiger partial charge on any atom is -0.497 e. The summed E-state index contributed by atoms with van der Waals surface area (Å²) in [6, 6.07) is 12.0. The molecular formula is C24H25FN2O3S. The molecule has 2 amide bonds. The van der Waals surface area contributed by atoms with Crippen LogP contribution < -0.4 is 9.64 Å². The van der Waals surface area contributed by atoms with Gasteiger partial charge >= 0.3 is 0 Å². The second kappa shape index (κ2) is 7.86. The van der Waals surface area contributed by atoms with Gasteiger partial charge in [0, 0.05) is 29.3 Å². The normalized spacial score (nSPS) is 23.1. The number of benzene rings is 2. The first kappa shape index (κ1) is 20.4. The standard InChI is InChI=1S/C24H25FN2O3S/c1-30-18-10-11-21-19(14-18)24(23(29)26(21)15-17-8-4-5-9-20(17)25)27(12-13-31-24)22(28)16-6-2-3-7-16/h4-5,8-11,14,16H,2-3,6-7,12-13,15H2,1H3/t24-/m0/s1. The lowest BCUT2D eigenvalue weighted by atomic mass is 10.0. The molecule has 0 radical (unpaired) electrons. The van der Waals surface area contributed by atoms with E-state index < -0.39 is 4.87 Å². The Kier molecular flexibility index (Phi) is 5.16. The summed E-state index contributed by atoms with van der Waals surface area (Å²) in [4.78, 5) is 29.8. The van der Waals surface area contributed by atoms with Crippen LogP contribution in [-0.2, 0) is 21.0 Å². The van der Waals surface area contributed by atoms with Crippen molar-refractivity contribution in [2.75, 3.05) is 24.3 Å². The number of carbonyl (C=O) groups is 2. The van der Waals surface area contributed by atoms with Crippen LogP contribution in [0.15, 0.2) is 42.5 Å². The SMILES string of the molecule is COc1ccc2c(c1)[C@]1(SCCN1C(=O)C1CCCC1)C(=O)N2Cc1ccccc1F. The first-order chi connectivity index (χ1) is 15.1. The van der Waals surface area contributed by atoms with Crippen molar-refractivity contribution in [3.8, 4) is 5.75 Å². The van der Waals surface area contributed by atoms with Crippen LogP contribution in [-0.4, -0.2) is 36.1 Å². The fourth-order valence-corrected chi connectivity index (χ4v) is 6.55. The summed E-state index contributed by atoms with van der Waals surface area (Å²) in [6.07, 6.45) is 3.88. The highest BCUT2D eigenvalue weighted by Gasteiger charge is 2.60. The molecule has 0 aromatic heterocycles. The van der Waals surface area contributed by atoms with Crippen LogP contribution in [0.1, 0.15) is 36.8 Å². The van der Waals surface area contributed by atoms with Gasteiger partial charge in [-0.05, 0) is 37.1 Å². The van der Waals surface area contributed by atoms with E-state index in [1.54, 1.807) is 35.1 Å². The molecule has 0 N–H and O–H groups in total. The molecule has 0 unspecified atom stereocenters. The van der Waals surface area contributed by atoms with Crippen LogP contribution >= 0.6 is 11.8 Å². The molecule has 2 fully saturated rings. The third kappa shape index (κ3) is 3.13. The van der Waals surface area contributed by atoms with Crippen molar-refractivity contribution in [3.63, 3.8) is 0 Å². The highest BCUT2D eigenvalue weighted by Crippen LogP contribution is 2.56. The van der Waals surface area contributed by atoms with Gasteiger partial charge in [0.05, 0.1) is 19.3 Å². The average molecular weight is 441 g/mol. The van der Waals surface area contributed by atoms with Crippen LogP contribution in [0.25, 0.3) is 0 Å². The molecule has 5 rings (SSSR count). The molecule has 7 heteroatoms. The van der Waals surface area contributed by atoms with E-state index in [9.17, 15) is 14.0 Å². The Morgan fingerprint density at radius 3 is 2.74 bits per heavy atom. The molecule has 2 heterocycles. The molecule has 2 aromatic rings. The number of methoxy groups -OCH3 is 1. The highest BCUT2D eigenvalue weighted by atomic mass is 32.2. The van der Waals surface area contributed by atoms with E-state index in [2.05, 4.69) is 0 Å². The van der Waals surface area contributed by atoms with Gasteiger partial charge in [0.25, 0.3) is 5.91 Å². The molecular weight excluding hydrogens is 415 g/mol. The van der Waals surface area contributed by atoms with Crippen LogP contribution in [0.2, 0.25) is 0 Å². The first-order valence-electron chi connectivity index (χ1n) is 10.8. The Bertz CT molecular complexity index is 1040. The molecule has 2 aliphatic heterocycles. The monoisotopic (exact) mass is 440 g/mol. The zero-order valence-corrected chi connectivity index (χ0v) is 18.3. The Morgan fingerprint density at radius 1 is 1.23 bits per heavy atom. The molecule has 3 aliphatic rings. The smallest absolute Gasteiger partial charge is 0.268 e. The number of carbonyl (C=O) groups excluding carboxylic acids is 2. The maximum atomic E-state index is 14.4. The zero-order valence-electron chi connectivity index (χ0n) is 17.5. The van der Waals surface area contributed by atoms with E-state index in [0.29, 0.717) is 29.3 Å². The number of rotatable bonds is 4. The van der Waals surface area contributed by atoms with E-state index in [1.807, 2.05) is 18.2 Å². The van der Waals surface area contributed by atoms with Gasteiger partial charge in [0.15, 0.2) is 4.87 Å². The molecule has 162 valence electrons. The molecule has 1 spiro atoms. The molecule has 5 nitrogen and oxygen atoms in total. The van der Waals surface area contributed by atoms with E-state index in [1.165, 1.54) is 17.8 Å². The summed E-state index contributed by atoms with van der Waals surface area (Å²) < 4.78 is 19.9. The number of thioether (sulfide) groups is 1. The number of hydrogen-bond donors (Lipinski definition) is 0. The minimum atomic E-state index is -1.10. The van der Waals surface area contributed by atoms with Gasteiger partial charge in [-0.15, -0.1) is 11.8 Å². The summed E-state index contributed by atoms with van der Waals surface area (Å²) in [6.45, 7) is 0.661. The molecule has 1 saturated carbocycles. The van der Waals surface area contributed by atoms with E-state index >= 15 is 0 Å². The number of ether oxygens (including phenoxy) is 1. The maximum absolute atomic E-state index is 14.4. The van der Waals surface area contributed by atoms with Crippen molar-refractivity contribution in [2.24, 2.45) is 5.92 Å². The molecule has 31 heavy (non-hydrogen) atoms. The van der Waals surface area contributed by atoms with Gasteiger partial charge in [-0.2, -0.15) is 0 Å². The topological polar surface area (TPSA) is 49.9 Å². The third-order valence-corrected chi connectivity index (χ3v) is 8.08. The van der Waals surface area contributed by atoms with Gasteiger partial charge < -0.3 is 14.5 Å². The van der Waals surface area contributed by atoms with Crippen molar-refractivity contribution >= 4 is 29.3 Å². The summed E-state index contributed by atoms with van der Waals surface area (Å²) >= 11 is 1.50. The molecule has 0 bridgehead atoms. The minimum absolute atomic E-state index is 0.0157. The number of anilines is 1. The van der Waals surface area contributed by atoms with Crippen molar-refractivity contribution in [2.45, 2.75) is 37.1 Å². The van der Waals surface area contributed by atoms with Gasteiger partial charge in [-0.25, -0.2) is 4.39 Å². The Hall–Kier alpha value is -2.54. The number of nitrogens with zero attached hydrogens (tertiary/aromatic N) is 2. The van der Waals surface area contributed by atoms with E-state index in [-0.39, 0.29) is 30.1 Å². The average Bonchev–Trinajstić information content (AvgIpc) is 3.52. The van der Waals surface area contributed by atoms with Crippen LogP contribution in [0.4, 0.5) is 10.1 Å². The molecule has 1 aliphatic carbocycles. The number of amides is 2. The highest BCUT2D eigenvalue weighted by molar-refractivity contribution is 8.01. The Labute approximate surface area is 185 Å². The summed E-state index contributed by atoms with van der Waals surface area (Å²) in [5, 5.41) is 0. The quantitative estimate of drug-likeness (QED) is 0.711. The summed E-state index contributed by atoms with van der Waals surface area (Å²) in [7, 11) is 1.59. The lowest BCUT2D eigenvalue weighted by Crippen LogP contribution is -2.51. The van der Waals surface area contributed by atoms with Gasteiger partial charge in [0.2, 0.25) is 5.91 Å². The largest absolute Gasteiger partial charge is 0.497 e. The first-order valence-corrected chi connectivity index (χ1v) is 11.7. The molecule has 1 atom stereocenters. The summed E-state index contributed by atoms with van der Waals surface area (Å²) in [5.41, 5.74) is 1.93. The van der Waals surface area contributed by atoms with Crippen LogP contribution in [0, 0.1) is 11.7 Å². The maximum Gasteiger partial charge on any atom is 0.268 e. The van der Waals surface area contributed by atoms with Gasteiger partial charge in [0.1, 0.15) is 11.6 Å². The van der Waals surface area contributed by atoms with Gasteiger partial charge in [-0.1, -0.05) is 31.0 Å². The number of fused-ring (bicyclic) bond motifs is 2. The Balaban J connectivity index is 1.60. The second-order valence-corrected chi connectivity index (χ2v) is 9.62. The predicted octanol–water partition coefficient (Wildman–Crippen LogP) is 4.30. The number of halogens is 1. The van der Waals surface area contributed by atoms with Crippen molar-refractivity contribution < 1.29 is 18.7 Å². The van der Waals surface area contributed by atoms with Crippen molar-refractivity contribution in [3.05, 3.63) is 59.4 Å². The zero-order chi connectivity index (χ0) is 21.6. The fraction of sp³-hybridized carbons (Fsp3) is 0.417. The lowest BCUT2D eigenvalue weighted by Gasteiger charge is -2.35. The lowest BCUT2D eigenvalue weighted by molar-refractivity contribution is -0.143. The van der Waals surface area contributed by atoms with Crippen molar-refractivity contribution in [1.82, 2.24) is 4.90 Å². The number of hydrogen-bond acceptors (Lipinski definition) is 4. The van der Waals surface area contributed by atoms with E-state index in [4.69, 9.17) is 4.74 Å². The molecule has 1 saturated heterocycles. The fourth-order valence-electron chi connectivity index (χ4n) is 5.09. The predicted molar refractivity (Wildman–Crippen MR) is 118 cm³/mol.